The molecule has 0 N–H and O–H groups in total. The Morgan fingerprint density at radius 2 is 1.11 bits per heavy atom. The number of aromatic nitrogens is 4. The molecule has 6 heteroatoms. The van der Waals surface area contributed by atoms with Gasteiger partial charge >= 0.3 is 0 Å². The van der Waals surface area contributed by atoms with E-state index in [4.69, 9.17) is 19.9 Å². The van der Waals surface area contributed by atoms with E-state index in [1.807, 2.05) is 24.3 Å². The van der Waals surface area contributed by atoms with Crippen LogP contribution in [0.2, 0.25) is 0 Å². The summed E-state index contributed by atoms with van der Waals surface area (Å²) in [5.41, 5.74) is 5.09. The highest BCUT2D eigenvalue weighted by Gasteiger charge is 2.18. The molecule has 206 valence electrons. The third-order valence-electron chi connectivity index (χ3n) is 7.94. The summed E-state index contributed by atoms with van der Waals surface area (Å²) < 4.78 is 3.58. The van der Waals surface area contributed by atoms with Crippen LogP contribution < -0.4 is 0 Å². The predicted octanol–water partition coefficient (Wildman–Crippen LogP) is 10.7. The van der Waals surface area contributed by atoms with E-state index in [1.54, 1.807) is 22.7 Å². The molecule has 0 aliphatic carbocycles. The fourth-order valence-corrected chi connectivity index (χ4v) is 7.95. The van der Waals surface area contributed by atoms with Crippen LogP contribution in [0.15, 0.2) is 133 Å². The van der Waals surface area contributed by atoms with Crippen LogP contribution in [0, 0.1) is 0 Å². The van der Waals surface area contributed by atoms with Gasteiger partial charge in [0.05, 0.1) is 10.2 Å². The average Bonchev–Trinajstić information content (AvgIpc) is 3.68. The molecule has 0 saturated carbocycles. The van der Waals surface area contributed by atoms with E-state index >= 15 is 0 Å². The lowest BCUT2D eigenvalue weighted by Gasteiger charge is -2.10. The van der Waals surface area contributed by atoms with Crippen LogP contribution in [0.4, 0.5) is 0 Å². The summed E-state index contributed by atoms with van der Waals surface area (Å²) in [6, 6.07) is 46.2. The summed E-state index contributed by atoms with van der Waals surface area (Å²) in [6.45, 7) is 0. The van der Waals surface area contributed by atoms with Crippen molar-refractivity contribution in [2.45, 2.75) is 0 Å². The third kappa shape index (κ3) is 4.27. The van der Waals surface area contributed by atoms with Crippen LogP contribution in [0.3, 0.4) is 0 Å². The Morgan fingerprint density at radius 3 is 1.93 bits per heavy atom. The van der Waals surface area contributed by atoms with E-state index in [9.17, 15) is 0 Å². The Bertz CT molecular complexity index is 2500. The second kappa shape index (κ2) is 10.2. The Hall–Kier alpha value is -5.30. The van der Waals surface area contributed by atoms with Gasteiger partial charge < -0.3 is 0 Å². The molecule has 44 heavy (non-hydrogen) atoms. The van der Waals surface area contributed by atoms with Crippen molar-refractivity contribution in [3.8, 4) is 44.7 Å². The molecule has 0 bridgehead atoms. The lowest BCUT2D eigenvalue weighted by Crippen LogP contribution is -2.00. The van der Waals surface area contributed by atoms with E-state index in [2.05, 4.69) is 109 Å². The molecule has 0 spiro atoms. The first-order valence-corrected chi connectivity index (χ1v) is 16.0. The smallest absolute Gasteiger partial charge is 0.164 e. The minimum atomic E-state index is 0.660. The number of hydrogen-bond acceptors (Lipinski definition) is 6. The van der Waals surface area contributed by atoms with Crippen LogP contribution >= 0.6 is 22.7 Å². The van der Waals surface area contributed by atoms with Crippen molar-refractivity contribution in [1.29, 1.82) is 0 Å². The van der Waals surface area contributed by atoms with Crippen molar-refractivity contribution in [3.63, 3.8) is 0 Å². The molecule has 3 heterocycles. The van der Waals surface area contributed by atoms with Gasteiger partial charge in [-0.25, -0.2) is 19.9 Å². The highest BCUT2D eigenvalue weighted by Crippen LogP contribution is 2.43. The summed E-state index contributed by atoms with van der Waals surface area (Å²) in [4.78, 5) is 20.2. The average molecular weight is 599 g/mol. The minimum Gasteiger partial charge on any atom is -0.236 e. The highest BCUT2D eigenvalue weighted by molar-refractivity contribution is 7.26. The van der Waals surface area contributed by atoms with Gasteiger partial charge in [0.15, 0.2) is 17.5 Å². The second-order valence-electron chi connectivity index (χ2n) is 10.7. The Kier molecular flexibility index (Phi) is 5.82. The topological polar surface area (TPSA) is 51.6 Å². The van der Waals surface area contributed by atoms with E-state index in [1.165, 1.54) is 30.3 Å². The number of benzene rings is 6. The number of fused-ring (bicyclic) bond motifs is 5. The number of hydrogen-bond donors (Lipinski definition) is 0. The molecule has 0 aliphatic heterocycles. The quantitative estimate of drug-likeness (QED) is 0.202. The van der Waals surface area contributed by atoms with Gasteiger partial charge in [-0.1, -0.05) is 109 Å². The van der Waals surface area contributed by atoms with Crippen molar-refractivity contribution >= 4 is 63.8 Å². The van der Waals surface area contributed by atoms with Crippen LogP contribution in [-0.4, -0.2) is 19.9 Å². The highest BCUT2D eigenvalue weighted by atomic mass is 32.1. The van der Waals surface area contributed by atoms with Crippen LogP contribution in [0.25, 0.3) is 85.9 Å². The summed E-state index contributed by atoms with van der Waals surface area (Å²) in [6.07, 6.45) is 0. The summed E-state index contributed by atoms with van der Waals surface area (Å²) in [5.74, 6) is 1.99. The zero-order chi connectivity index (χ0) is 29.0. The van der Waals surface area contributed by atoms with E-state index in [0.717, 1.165) is 38.2 Å². The van der Waals surface area contributed by atoms with Crippen molar-refractivity contribution < 1.29 is 0 Å². The fourth-order valence-electron chi connectivity index (χ4n) is 5.81. The molecule has 0 fully saturated rings. The largest absolute Gasteiger partial charge is 0.236 e. The van der Waals surface area contributed by atoms with Crippen LogP contribution in [-0.2, 0) is 0 Å². The standard InChI is InChI=1S/C38H22N4S2/c1-3-11-24(12-4-1)35-40-36(27-19-18-23-10-7-8-15-26(23)20-27)42-37(41-35)28-16-9-17-31-34(28)29-21-33-30(22-32(29)43-31)39-38(44-33)25-13-5-2-6-14-25/h1-22H. The van der Waals surface area contributed by atoms with Gasteiger partial charge in [-0.2, -0.15) is 0 Å². The van der Waals surface area contributed by atoms with Gasteiger partial charge in [-0.05, 0) is 35.0 Å². The van der Waals surface area contributed by atoms with Crippen LogP contribution in [0.1, 0.15) is 0 Å². The minimum absolute atomic E-state index is 0.660. The lowest BCUT2D eigenvalue weighted by atomic mass is 10.0. The fraction of sp³-hybridized carbons (Fsp3) is 0. The molecular weight excluding hydrogens is 577 g/mol. The van der Waals surface area contributed by atoms with Crippen molar-refractivity contribution in [2.24, 2.45) is 0 Å². The molecular formula is C38H22N4S2. The maximum absolute atomic E-state index is 5.12. The molecule has 4 nitrogen and oxygen atoms in total. The van der Waals surface area contributed by atoms with Crippen LogP contribution in [0.5, 0.6) is 0 Å². The molecule has 9 aromatic rings. The second-order valence-corrected chi connectivity index (χ2v) is 12.8. The molecule has 0 atom stereocenters. The van der Waals surface area contributed by atoms with Gasteiger partial charge in [-0.3, -0.25) is 0 Å². The Balaban J connectivity index is 1.27. The zero-order valence-corrected chi connectivity index (χ0v) is 24.9. The van der Waals surface area contributed by atoms with E-state index in [0.29, 0.717) is 17.5 Å². The van der Waals surface area contributed by atoms with Crippen molar-refractivity contribution in [3.05, 3.63) is 133 Å². The van der Waals surface area contributed by atoms with Gasteiger partial charge in [0.25, 0.3) is 0 Å². The molecule has 0 unspecified atom stereocenters. The van der Waals surface area contributed by atoms with Crippen molar-refractivity contribution in [2.75, 3.05) is 0 Å². The Labute approximate surface area is 261 Å². The molecule has 0 radical (unpaired) electrons. The molecule has 9 rings (SSSR count). The van der Waals surface area contributed by atoms with Gasteiger partial charge in [0.2, 0.25) is 0 Å². The molecule has 0 aliphatic rings. The summed E-state index contributed by atoms with van der Waals surface area (Å²) in [5, 5.41) is 5.74. The SMILES string of the molecule is c1ccc(-c2nc(-c3ccc4ccccc4c3)nc(-c3cccc4sc5cc6nc(-c7ccccc7)sc6cc5c34)n2)cc1. The normalized spacial score (nSPS) is 11.6. The first-order chi connectivity index (χ1) is 21.8. The summed E-state index contributed by atoms with van der Waals surface area (Å²) >= 11 is 3.52. The lowest BCUT2D eigenvalue weighted by molar-refractivity contribution is 1.08. The van der Waals surface area contributed by atoms with Gasteiger partial charge in [0, 0.05) is 42.4 Å². The van der Waals surface area contributed by atoms with E-state index < -0.39 is 0 Å². The number of thiazole rings is 1. The van der Waals surface area contributed by atoms with E-state index in [-0.39, 0.29) is 0 Å². The molecule has 3 aromatic heterocycles. The van der Waals surface area contributed by atoms with Gasteiger partial charge in [0.1, 0.15) is 5.01 Å². The zero-order valence-electron chi connectivity index (χ0n) is 23.3. The van der Waals surface area contributed by atoms with Crippen molar-refractivity contribution in [1.82, 2.24) is 19.9 Å². The molecule has 0 amide bonds. The monoisotopic (exact) mass is 598 g/mol. The summed E-state index contributed by atoms with van der Waals surface area (Å²) in [7, 11) is 0. The molecule has 0 saturated heterocycles. The molecule has 6 aromatic carbocycles. The number of rotatable bonds is 4. The number of thiophene rings is 1. The predicted molar refractivity (Wildman–Crippen MR) is 185 cm³/mol. The Morgan fingerprint density at radius 1 is 0.409 bits per heavy atom. The third-order valence-corrected chi connectivity index (χ3v) is 10.1. The first-order valence-electron chi connectivity index (χ1n) is 14.4. The number of nitrogens with zero attached hydrogens (tertiary/aromatic N) is 4. The maximum Gasteiger partial charge on any atom is 0.164 e. The van der Waals surface area contributed by atoms with Gasteiger partial charge in [-0.15, -0.1) is 22.7 Å². The maximum atomic E-state index is 5.12. The first kappa shape index (κ1) is 25.2.